The number of thiocarbonyl (C=S) groups is 1. The van der Waals surface area contributed by atoms with Gasteiger partial charge < -0.3 is 20.4 Å². The molecule has 1 saturated heterocycles. The Morgan fingerprint density at radius 3 is 2.11 bits per heavy atom. The molecule has 2 amide bonds. The molecule has 0 unspecified atom stereocenters. The smallest absolute Gasteiger partial charge is 0.256 e. The second kappa shape index (κ2) is 11.3. The van der Waals surface area contributed by atoms with E-state index in [1.807, 2.05) is 54.6 Å². The van der Waals surface area contributed by atoms with E-state index < -0.39 is 11.2 Å². The van der Waals surface area contributed by atoms with Crippen molar-refractivity contribution < 1.29 is 14.0 Å². The summed E-state index contributed by atoms with van der Waals surface area (Å²) in [6.07, 6.45) is 3.68. The zero-order valence-corrected chi connectivity index (χ0v) is 22.0. The van der Waals surface area contributed by atoms with Crippen LogP contribution in [0.3, 0.4) is 0 Å². The van der Waals surface area contributed by atoms with Gasteiger partial charge in [0, 0.05) is 37.6 Å². The van der Waals surface area contributed by atoms with Crippen molar-refractivity contribution in [1.82, 2.24) is 10.2 Å². The maximum absolute atomic E-state index is 14.0. The highest BCUT2D eigenvalue weighted by atomic mass is 32.1. The molecule has 2 fully saturated rings. The molecule has 1 aliphatic heterocycles. The molecule has 2 N–H and O–H groups in total. The Morgan fingerprint density at radius 1 is 0.816 bits per heavy atom. The number of hydrogen-bond donors (Lipinski definition) is 2. The lowest BCUT2D eigenvalue weighted by Crippen LogP contribution is -2.49. The van der Waals surface area contributed by atoms with Crippen molar-refractivity contribution >= 4 is 40.5 Å². The number of carbonyl (C=O) groups is 2. The second-order valence-corrected chi connectivity index (χ2v) is 10.3. The van der Waals surface area contributed by atoms with Gasteiger partial charge in [-0.05, 0) is 67.0 Å². The number of rotatable bonds is 5. The predicted molar refractivity (Wildman–Crippen MR) is 152 cm³/mol. The van der Waals surface area contributed by atoms with Crippen molar-refractivity contribution in [2.45, 2.75) is 31.1 Å². The topological polar surface area (TPSA) is 64.7 Å². The minimum absolute atomic E-state index is 0.0573. The zero-order valence-electron chi connectivity index (χ0n) is 21.2. The average Bonchev–Trinajstić information content (AvgIpc) is 3.46. The zero-order chi connectivity index (χ0) is 26.5. The molecule has 0 spiro atoms. The van der Waals surface area contributed by atoms with Crippen LogP contribution in [0.15, 0.2) is 78.9 Å². The number of anilines is 2. The summed E-state index contributed by atoms with van der Waals surface area (Å²) in [6, 6.07) is 23.9. The first-order valence-corrected chi connectivity index (χ1v) is 13.4. The van der Waals surface area contributed by atoms with Gasteiger partial charge in [-0.3, -0.25) is 9.59 Å². The minimum Gasteiger partial charge on any atom is -0.368 e. The van der Waals surface area contributed by atoms with E-state index in [-0.39, 0.29) is 22.5 Å². The van der Waals surface area contributed by atoms with E-state index >= 15 is 0 Å². The molecular weight excluding hydrogens is 499 g/mol. The van der Waals surface area contributed by atoms with E-state index in [0.29, 0.717) is 26.2 Å². The van der Waals surface area contributed by atoms with Gasteiger partial charge in [0.2, 0.25) is 5.91 Å². The van der Waals surface area contributed by atoms with Crippen LogP contribution in [0, 0.1) is 5.82 Å². The quantitative estimate of drug-likeness (QED) is 0.449. The van der Waals surface area contributed by atoms with Crippen molar-refractivity contribution in [3.8, 4) is 0 Å². The van der Waals surface area contributed by atoms with E-state index in [2.05, 4.69) is 15.5 Å². The monoisotopic (exact) mass is 530 g/mol. The molecule has 6 nitrogen and oxygen atoms in total. The lowest BCUT2D eigenvalue weighted by atomic mass is 9.78. The van der Waals surface area contributed by atoms with Crippen molar-refractivity contribution in [3.63, 3.8) is 0 Å². The van der Waals surface area contributed by atoms with Crippen molar-refractivity contribution in [2.24, 2.45) is 0 Å². The first-order chi connectivity index (χ1) is 18.5. The Morgan fingerprint density at radius 2 is 1.45 bits per heavy atom. The lowest BCUT2D eigenvalue weighted by molar-refractivity contribution is -0.125. The molecule has 1 heterocycles. The second-order valence-electron chi connectivity index (χ2n) is 9.87. The molecule has 5 rings (SSSR count). The van der Waals surface area contributed by atoms with Crippen LogP contribution in [0.5, 0.6) is 0 Å². The normalized spacial score (nSPS) is 16.7. The van der Waals surface area contributed by atoms with Crippen LogP contribution < -0.4 is 15.5 Å². The third-order valence-corrected chi connectivity index (χ3v) is 7.81. The molecule has 3 aromatic carbocycles. The van der Waals surface area contributed by atoms with E-state index in [4.69, 9.17) is 12.2 Å². The summed E-state index contributed by atoms with van der Waals surface area (Å²) in [4.78, 5) is 29.9. The highest BCUT2D eigenvalue weighted by Gasteiger charge is 2.42. The SMILES string of the molecule is O=C(c1ccccc1F)N1CCN(c2ccc(NC(=S)NC(=O)C3(c4ccccc4)CCCC3)cc2)CC1. The summed E-state index contributed by atoms with van der Waals surface area (Å²) in [5, 5.41) is 6.34. The molecule has 8 heteroatoms. The van der Waals surface area contributed by atoms with Crippen molar-refractivity contribution in [1.29, 1.82) is 0 Å². The molecule has 2 aliphatic rings. The van der Waals surface area contributed by atoms with Gasteiger partial charge in [0.05, 0.1) is 11.0 Å². The van der Waals surface area contributed by atoms with Gasteiger partial charge in [-0.1, -0.05) is 55.3 Å². The molecule has 0 aromatic heterocycles. The predicted octanol–water partition coefficient (Wildman–Crippen LogP) is 5.11. The number of hydrogen-bond acceptors (Lipinski definition) is 4. The Hall–Kier alpha value is -3.78. The summed E-state index contributed by atoms with van der Waals surface area (Å²) in [5.41, 5.74) is 2.43. The van der Waals surface area contributed by atoms with Crippen LogP contribution in [-0.4, -0.2) is 48.0 Å². The molecule has 0 bridgehead atoms. The van der Waals surface area contributed by atoms with Gasteiger partial charge in [0.25, 0.3) is 5.91 Å². The fourth-order valence-electron chi connectivity index (χ4n) is 5.50. The number of amides is 2. The summed E-state index contributed by atoms with van der Waals surface area (Å²) >= 11 is 5.47. The van der Waals surface area contributed by atoms with Crippen molar-refractivity contribution in [2.75, 3.05) is 36.4 Å². The van der Waals surface area contributed by atoms with Gasteiger partial charge in [-0.2, -0.15) is 0 Å². The van der Waals surface area contributed by atoms with Crippen molar-refractivity contribution in [3.05, 3.63) is 95.8 Å². The van der Waals surface area contributed by atoms with Crippen LogP contribution in [0.25, 0.3) is 0 Å². The number of halogens is 1. The summed E-state index contributed by atoms with van der Waals surface area (Å²) in [5.74, 6) is -0.821. The molecule has 0 atom stereocenters. The first-order valence-electron chi connectivity index (χ1n) is 13.0. The highest BCUT2D eigenvalue weighted by Crippen LogP contribution is 2.41. The summed E-state index contributed by atoms with van der Waals surface area (Å²) in [7, 11) is 0. The summed E-state index contributed by atoms with van der Waals surface area (Å²) in [6.45, 7) is 2.35. The molecule has 38 heavy (non-hydrogen) atoms. The fraction of sp³-hybridized carbons (Fsp3) is 0.300. The lowest BCUT2D eigenvalue weighted by Gasteiger charge is -2.36. The van der Waals surface area contributed by atoms with Gasteiger partial charge in [0.1, 0.15) is 5.82 Å². The fourth-order valence-corrected chi connectivity index (χ4v) is 5.71. The van der Waals surface area contributed by atoms with Crippen LogP contribution in [0.1, 0.15) is 41.6 Å². The highest BCUT2D eigenvalue weighted by molar-refractivity contribution is 7.80. The number of nitrogens with one attached hydrogen (secondary N) is 2. The van der Waals surface area contributed by atoms with E-state index in [1.54, 1.807) is 17.0 Å². The number of piperazine rings is 1. The van der Waals surface area contributed by atoms with E-state index in [1.165, 1.54) is 12.1 Å². The number of benzene rings is 3. The Bertz CT molecular complexity index is 1300. The first kappa shape index (κ1) is 25.9. The van der Waals surface area contributed by atoms with Crippen LogP contribution >= 0.6 is 12.2 Å². The maximum atomic E-state index is 14.0. The van der Waals surface area contributed by atoms with Gasteiger partial charge in [-0.15, -0.1) is 0 Å². The Balaban J connectivity index is 1.15. The van der Waals surface area contributed by atoms with Crippen LogP contribution in [-0.2, 0) is 10.2 Å². The van der Waals surface area contributed by atoms with Crippen LogP contribution in [0.4, 0.5) is 15.8 Å². The number of carbonyl (C=O) groups excluding carboxylic acids is 2. The third-order valence-electron chi connectivity index (χ3n) is 7.61. The number of nitrogens with zero attached hydrogens (tertiary/aromatic N) is 2. The molecule has 1 aliphatic carbocycles. The van der Waals surface area contributed by atoms with Gasteiger partial charge in [-0.25, -0.2) is 4.39 Å². The largest absolute Gasteiger partial charge is 0.368 e. The standard InChI is InChI=1S/C30H31FN4O2S/c31-26-11-5-4-10-25(26)27(36)35-20-18-34(19-21-35)24-14-12-23(13-15-24)32-29(38)33-28(37)30(16-6-7-17-30)22-8-2-1-3-9-22/h1-5,8-15H,6-7,16-21H2,(H2,32,33,37,38). The molecule has 196 valence electrons. The summed E-state index contributed by atoms with van der Waals surface area (Å²) < 4.78 is 14.0. The van der Waals surface area contributed by atoms with E-state index in [0.717, 1.165) is 42.6 Å². The Kier molecular flexibility index (Phi) is 7.69. The minimum atomic E-state index is -0.535. The third kappa shape index (κ3) is 5.41. The molecule has 1 saturated carbocycles. The molecular formula is C30H31FN4O2S. The Labute approximate surface area is 227 Å². The molecule has 3 aromatic rings. The van der Waals surface area contributed by atoms with Gasteiger partial charge >= 0.3 is 0 Å². The van der Waals surface area contributed by atoms with Gasteiger partial charge in [0.15, 0.2) is 5.11 Å². The average molecular weight is 531 g/mol. The molecule has 0 radical (unpaired) electrons. The van der Waals surface area contributed by atoms with E-state index in [9.17, 15) is 14.0 Å². The maximum Gasteiger partial charge on any atom is 0.256 e. The van der Waals surface area contributed by atoms with Crippen LogP contribution in [0.2, 0.25) is 0 Å².